The molecule has 0 bridgehead atoms. The molecule has 3 aromatic rings. The molecule has 6 heteroatoms. The van der Waals surface area contributed by atoms with Crippen LogP contribution in [0.2, 0.25) is 0 Å². The molecule has 0 amide bonds. The number of para-hydroxylation sites is 1. The largest absolute Gasteiger partial charge is 0.388 e. The molecular formula is C13H13N5O. The first-order valence-electron chi connectivity index (χ1n) is 5.98. The summed E-state index contributed by atoms with van der Waals surface area (Å²) in [5.41, 5.74) is 1.59. The van der Waals surface area contributed by atoms with E-state index in [0.29, 0.717) is 12.2 Å². The second kappa shape index (κ2) is 4.74. The molecule has 1 atom stereocenters. The van der Waals surface area contributed by atoms with Gasteiger partial charge in [-0.15, -0.1) is 10.2 Å². The summed E-state index contributed by atoms with van der Waals surface area (Å²) in [7, 11) is 1.70. The van der Waals surface area contributed by atoms with Crippen LogP contribution in [0.15, 0.2) is 36.5 Å². The fraction of sp³-hybridized carbons (Fsp3) is 0.231. The summed E-state index contributed by atoms with van der Waals surface area (Å²) in [6, 6.07) is 9.60. The van der Waals surface area contributed by atoms with Crippen molar-refractivity contribution in [1.82, 2.24) is 25.2 Å². The first kappa shape index (κ1) is 11.7. The minimum Gasteiger partial charge on any atom is -0.388 e. The number of nitrogens with zero attached hydrogens (tertiary/aromatic N) is 5. The number of tetrazole rings is 1. The maximum atomic E-state index is 10.3. The molecule has 0 saturated carbocycles. The van der Waals surface area contributed by atoms with Crippen molar-refractivity contribution in [3.8, 4) is 0 Å². The molecule has 0 radical (unpaired) electrons. The zero-order chi connectivity index (χ0) is 13.2. The number of hydrogen-bond donors (Lipinski definition) is 1. The number of aliphatic hydroxyl groups is 1. The monoisotopic (exact) mass is 255 g/mol. The average Bonchev–Trinajstić information content (AvgIpc) is 2.83. The Morgan fingerprint density at radius 1 is 1.26 bits per heavy atom. The first-order chi connectivity index (χ1) is 9.24. The minimum absolute atomic E-state index is 0.323. The maximum Gasteiger partial charge on any atom is 0.177 e. The predicted molar refractivity (Wildman–Crippen MR) is 69.2 cm³/mol. The third-order valence-corrected chi connectivity index (χ3v) is 2.95. The highest BCUT2D eigenvalue weighted by molar-refractivity contribution is 5.81. The van der Waals surface area contributed by atoms with E-state index in [9.17, 15) is 5.11 Å². The summed E-state index contributed by atoms with van der Waals surface area (Å²) in [5, 5.41) is 23.0. The second-order valence-electron chi connectivity index (χ2n) is 4.34. The van der Waals surface area contributed by atoms with Gasteiger partial charge in [0.15, 0.2) is 5.82 Å². The Bertz CT molecular complexity index is 704. The van der Waals surface area contributed by atoms with E-state index in [4.69, 9.17) is 0 Å². The molecule has 0 aliphatic rings. The van der Waals surface area contributed by atoms with Crippen molar-refractivity contribution in [3.05, 3.63) is 47.9 Å². The second-order valence-corrected chi connectivity index (χ2v) is 4.34. The summed E-state index contributed by atoms with van der Waals surface area (Å²) in [6.45, 7) is 0. The zero-order valence-electron chi connectivity index (χ0n) is 10.4. The van der Waals surface area contributed by atoms with Gasteiger partial charge in [-0.3, -0.25) is 4.98 Å². The Kier molecular flexibility index (Phi) is 2.92. The van der Waals surface area contributed by atoms with Crippen LogP contribution in [-0.4, -0.2) is 30.3 Å². The topological polar surface area (TPSA) is 76.7 Å². The van der Waals surface area contributed by atoms with Crippen molar-refractivity contribution >= 4 is 10.9 Å². The average molecular weight is 255 g/mol. The molecule has 19 heavy (non-hydrogen) atoms. The molecule has 2 heterocycles. The normalized spacial score (nSPS) is 12.7. The van der Waals surface area contributed by atoms with E-state index in [-0.39, 0.29) is 0 Å². The summed E-state index contributed by atoms with van der Waals surface area (Å²) in [6.07, 6.45) is 1.35. The highest BCUT2D eigenvalue weighted by Gasteiger charge is 2.15. The Hall–Kier alpha value is -2.34. The summed E-state index contributed by atoms with van der Waals surface area (Å²) < 4.78 is 0. The van der Waals surface area contributed by atoms with Gasteiger partial charge in [0.25, 0.3) is 0 Å². The van der Waals surface area contributed by atoms with Gasteiger partial charge in [0, 0.05) is 23.6 Å². The number of benzene rings is 1. The Morgan fingerprint density at radius 2 is 2.11 bits per heavy atom. The number of fused-ring (bicyclic) bond motifs is 1. The Balaban J connectivity index is 1.95. The lowest BCUT2D eigenvalue weighted by atomic mass is 10.0. The van der Waals surface area contributed by atoms with E-state index in [1.807, 2.05) is 30.3 Å². The van der Waals surface area contributed by atoms with Crippen LogP contribution >= 0.6 is 0 Å². The number of hydrogen-bond acceptors (Lipinski definition) is 5. The molecule has 0 saturated heterocycles. The van der Waals surface area contributed by atoms with E-state index in [2.05, 4.69) is 20.4 Å². The lowest BCUT2D eigenvalue weighted by Crippen LogP contribution is -2.05. The highest BCUT2D eigenvalue weighted by Crippen LogP contribution is 2.24. The van der Waals surface area contributed by atoms with Gasteiger partial charge in [-0.1, -0.05) is 24.3 Å². The van der Waals surface area contributed by atoms with E-state index >= 15 is 0 Å². The fourth-order valence-electron chi connectivity index (χ4n) is 2.08. The van der Waals surface area contributed by atoms with Gasteiger partial charge < -0.3 is 5.11 Å². The van der Waals surface area contributed by atoms with Crippen LogP contribution in [-0.2, 0) is 13.5 Å². The van der Waals surface area contributed by atoms with E-state index < -0.39 is 6.10 Å². The Labute approximate surface area is 109 Å². The van der Waals surface area contributed by atoms with Gasteiger partial charge in [-0.25, -0.2) is 0 Å². The lowest BCUT2D eigenvalue weighted by Gasteiger charge is -2.10. The molecule has 96 valence electrons. The molecule has 0 fully saturated rings. The van der Waals surface area contributed by atoms with Crippen LogP contribution in [0.3, 0.4) is 0 Å². The van der Waals surface area contributed by atoms with Crippen molar-refractivity contribution in [2.24, 2.45) is 7.05 Å². The molecule has 0 aliphatic carbocycles. The van der Waals surface area contributed by atoms with Crippen molar-refractivity contribution in [1.29, 1.82) is 0 Å². The van der Waals surface area contributed by atoms with E-state index in [1.165, 1.54) is 4.80 Å². The molecule has 0 aliphatic heterocycles. The van der Waals surface area contributed by atoms with Gasteiger partial charge in [-0.05, 0) is 11.3 Å². The molecule has 6 nitrogen and oxygen atoms in total. The third-order valence-electron chi connectivity index (χ3n) is 2.95. The maximum absolute atomic E-state index is 10.3. The number of rotatable bonds is 3. The predicted octanol–water partition coefficient (Wildman–Crippen LogP) is 1.03. The quantitative estimate of drug-likeness (QED) is 0.756. The summed E-state index contributed by atoms with van der Waals surface area (Å²) >= 11 is 0. The fourth-order valence-corrected chi connectivity index (χ4v) is 2.08. The van der Waals surface area contributed by atoms with Crippen LogP contribution < -0.4 is 0 Å². The Morgan fingerprint density at radius 3 is 2.89 bits per heavy atom. The van der Waals surface area contributed by atoms with Gasteiger partial charge in [0.05, 0.1) is 18.7 Å². The third kappa shape index (κ3) is 2.30. The van der Waals surface area contributed by atoms with Crippen molar-refractivity contribution < 1.29 is 5.11 Å². The van der Waals surface area contributed by atoms with Gasteiger partial charge in [0.2, 0.25) is 0 Å². The lowest BCUT2D eigenvalue weighted by molar-refractivity contribution is 0.177. The van der Waals surface area contributed by atoms with Crippen molar-refractivity contribution in [2.45, 2.75) is 12.5 Å². The number of aliphatic hydroxyl groups excluding tert-OH is 1. The molecule has 1 N–H and O–H groups in total. The van der Waals surface area contributed by atoms with Crippen LogP contribution in [0, 0.1) is 0 Å². The molecular weight excluding hydrogens is 242 g/mol. The minimum atomic E-state index is -0.692. The standard InChI is InChI=1S/C13H13N5O/c1-18-16-12(15-17-18)8-11(19)10-6-2-4-9-5-3-7-14-13(9)10/h2-7,11,19H,8H2,1H3. The first-order valence-corrected chi connectivity index (χ1v) is 5.98. The summed E-state index contributed by atoms with van der Waals surface area (Å²) in [5.74, 6) is 0.517. The smallest absolute Gasteiger partial charge is 0.177 e. The molecule has 0 spiro atoms. The van der Waals surface area contributed by atoms with Gasteiger partial charge in [0.1, 0.15) is 0 Å². The number of aromatic nitrogens is 5. The van der Waals surface area contributed by atoms with Crippen molar-refractivity contribution in [2.75, 3.05) is 0 Å². The van der Waals surface area contributed by atoms with Crippen molar-refractivity contribution in [3.63, 3.8) is 0 Å². The number of aryl methyl sites for hydroxylation is 1. The van der Waals surface area contributed by atoms with Crippen LogP contribution in [0.5, 0.6) is 0 Å². The van der Waals surface area contributed by atoms with E-state index in [0.717, 1.165) is 16.5 Å². The zero-order valence-corrected chi connectivity index (χ0v) is 10.4. The van der Waals surface area contributed by atoms with Crippen LogP contribution in [0.4, 0.5) is 0 Å². The highest BCUT2D eigenvalue weighted by atomic mass is 16.3. The number of pyridine rings is 1. The summed E-state index contributed by atoms with van der Waals surface area (Å²) in [4.78, 5) is 5.71. The van der Waals surface area contributed by atoms with Crippen LogP contribution in [0.25, 0.3) is 10.9 Å². The molecule has 1 aromatic carbocycles. The van der Waals surface area contributed by atoms with Gasteiger partial charge >= 0.3 is 0 Å². The molecule has 1 unspecified atom stereocenters. The van der Waals surface area contributed by atoms with Crippen LogP contribution in [0.1, 0.15) is 17.5 Å². The van der Waals surface area contributed by atoms with Gasteiger partial charge in [-0.2, -0.15) is 4.80 Å². The molecule has 2 aromatic heterocycles. The molecule has 3 rings (SSSR count). The SMILES string of the molecule is Cn1nnc(CC(O)c2cccc3cccnc23)n1. The van der Waals surface area contributed by atoms with E-state index in [1.54, 1.807) is 13.2 Å².